The maximum absolute atomic E-state index is 12.2. The summed E-state index contributed by atoms with van der Waals surface area (Å²) in [6.45, 7) is 12.0. The van der Waals surface area contributed by atoms with Gasteiger partial charge in [0.05, 0.1) is 0 Å². The van der Waals surface area contributed by atoms with Gasteiger partial charge in [-0.25, -0.2) is 0 Å². The van der Waals surface area contributed by atoms with Crippen LogP contribution in [0.4, 0.5) is 0 Å². The van der Waals surface area contributed by atoms with Gasteiger partial charge in [-0.05, 0) is 17.3 Å². The summed E-state index contributed by atoms with van der Waals surface area (Å²) in [5.41, 5.74) is -0.553. The van der Waals surface area contributed by atoms with E-state index in [-0.39, 0.29) is 39.9 Å². The van der Waals surface area contributed by atoms with Gasteiger partial charge in [0.2, 0.25) is 5.39 Å². The zero-order valence-electron chi connectivity index (χ0n) is 12.1. The molecular weight excluding hydrogens is 228 g/mol. The second-order valence-electron chi connectivity index (χ2n) is 7.27. The van der Waals surface area contributed by atoms with Crippen molar-refractivity contribution >= 4 is 5.78 Å². The third kappa shape index (κ3) is 2.55. The predicted octanol–water partition coefficient (Wildman–Crippen LogP) is 3.91. The van der Waals surface area contributed by atoms with E-state index in [2.05, 4.69) is 4.98 Å². The van der Waals surface area contributed by atoms with E-state index in [1.165, 1.54) is 0 Å². The third-order valence-corrected chi connectivity index (χ3v) is 3.78. The predicted molar refractivity (Wildman–Crippen MR) is 70.3 cm³/mol. The van der Waals surface area contributed by atoms with Gasteiger partial charge in [0.25, 0.3) is 5.78 Å². The van der Waals surface area contributed by atoms with E-state index >= 15 is 0 Å². The Morgan fingerprint density at radius 1 is 1.11 bits per heavy atom. The van der Waals surface area contributed by atoms with Crippen molar-refractivity contribution in [1.82, 2.24) is 0 Å². The molecule has 0 saturated heterocycles. The Bertz CT molecular complexity index is 430. The van der Waals surface area contributed by atoms with E-state index in [0.717, 1.165) is 0 Å². The monoisotopic (exact) mass is 251 g/mol. The molecule has 0 aromatic rings. The van der Waals surface area contributed by atoms with Gasteiger partial charge in [-0.15, -0.1) is 0 Å². The third-order valence-electron chi connectivity index (χ3n) is 3.78. The van der Waals surface area contributed by atoms with Gasteiger partial charge in [0, 0.05) is 11.8 Å². The maximum atomic E-state index is 12.2. The second-order valence-corrected chi connectivity index (χ2v) is 7.27. The molecule has 4 heteroatoms. The zero-order chi connectivity index (χ0) is 14.3. The molecular formula is C14H23N2O2+. The number of carbonyl (C=O) groups excluding carboxylic acids is 1. The van der Waals surface area contributed by atoms with Gasteiger partial charge in [0.1, 0.15) is 0 Å². The molecule has 0 unspecified atom stereocenters. The number of hydrogen-bond acceptors (Lipinski definition) is 3. The number of diazo groups is 1. The molecule has 1 N–H and O–H groups in total. The molecule has 1 rings (SSSR count). The maximum Gasteiger partial charge on any atom is 0.464 e. The molecule has 2 atom stereocenters. The van der Waals surface area contributed by atoms with Crippen molar-refractivity contribution in [3.63, 3.8) is 0 Å². The summed E-state index contributed by atoms with van der Waals surface area (Å²) in [6.07, 6.45) is 0.594. The lowest BCUT2D eigenvalue weighted by atomic mass is 9.64. The van der Waals surface area contributed by atoms with Crippen molar-refractivity contribution in [2.45, 2.75) is 48.0 Å². The van der Waals surface area contributed by atoms with Crippen LogP contribution in [0, 0.1) is 28.1 Å². The second kappa shape index (κ2) is 4.38. The number of Topliss-reactive ketones (excluding diaryl/α,β-unsaturated/α-hetero) is 1. The van der Waals surface area contributed by atoms with Crippen LogP contribution < -0.4 is 0 Å². The summed E-state index contributed by atoms with van der Waals surface area (Å²) < 4.78 is 0. The van der Waals surface area contributed by atoms with Gasteiger partial charge in [-0.3, -0.25) is 4.79 Å². The lowest BCUT2D eigenvalue weighted by Crippen LogP contribution is -2.39. The minimum absolute atomic E-state index is 0.0736. The summed E-state index contributed by atoms with van der Waals surface area (Å²) in [4.78, 5) is 15.2. The van der Waals surface area contributed by atoms with Crippen LogP contribution >= 0.6 is 0 Å². The van der Waals surface area contributed by atoms with Crippen LogP contribution in [0.25, 0.3) is 4.98 Å². The van der Waals surface area contributed by atoms with Crippen LogP contribution in [0.5, 0.6) is 0 Å². The lowest BCUT2D eigenvalue weighted by Gasteiger charge is -2.38. The Balaban J connectivity index is 3.33. The quantitative estimate of drug-likeness (QED) is 0.664. The average molecular weight is 251 g/mol. The number of carbonyl (C=O) groups is 1. The molecule has 100 valence electrons. The molecule has 0 radical (unpaired) electrons. The Hall–Kier alpha value is -1.37. The number of nitrogens with zero attached hydrogens (tertiary/aromatic N) is 2. The molecule has 0 aliphatic heterocycles. The number of hydrogen-bond donors (Lipinski definition) is 1. The van der Waals surface area contributed by atoms with E-state index in [0.29, 0.717) is 6.42 Å². The van der Waals surface area contributed by atoms with Crippen molar-refractivity contribution in [3.05, 3.63) is 16.4 Å². The standard InChI is InChI=1S/C14H22N2O2/c1-13(2,3)8-7-9(14(4,5)6)12(18)10(16-15)11(8)17/h8-9H,7H2,1-6H3/p+1/t8-,9-/m0/s1. The van der Waals surface area contributed by atoms with E-state index in [1.54, 1.807) is 0 Å². The summed E-state index contributed by atoms with van der Waals surface area (Å²) in [5.74, 6) is -0.729. The van der Waals surface area contributed by atoms with Gasteiger partial charge in [-0.2, -0.15) is 0 Å². The van der Waals surface area contributed by atoms with Gasteiger partial charge in [0.15, 0.2) is 10.7 Å². The van der Waals surface area contributed by atoms with Crippen molar-refractivity contribution in [2.24, 2.45) is 22.7 Å². The van der Waals surface area contributed by atoms with E-state index in [4.69, 9.17) is 5.39 Å². The zero-order valence-corrected chi connectivity index (χ0v) is 12.1. The van der Waals surface area contributed by atoms with E-state index < -0.39 is 0 Å². The van der Waals surface area contributed by atoms with Crippen LogP contribution in [0.3, 0.4) is 0 Å². The van der Waals surface area contributed by atoms with Crippen LogP contribution in [0.15, 0.2) is 11.5 Å². The van der Waals surface area contributed by atoms with Crippen molar-refractivity contribution in [3.8, 4) is 0 Å². The fourth-order valence-electron chi connectivity index (χ4n) is 2.52. The number of aliphatic hydroxyl groups excluding tert-OH is 1. The molecule has 1 aliphatic rings. The Morgan fingerprint density at radius 2 is 1.56 bits per heavy atom. The Morgan fingerprint density at radius 3 is 1.89 bits per heavy atom. The first kappa shape index (κ1) is 14.7. The molecule has 4 nitrogen and oxygen atoms in total. The Kier molecular flexibility index (Phi) is 3.58. The highest BCUT2D eigenvalue weighted by atomic mass is 16.3. The van der Waals surface area contributed by atoms with Crippen molar-refractivity contribution in [1.29, 1.82) is 5.39 Å². The normalized spacial score (nSPS) is 26.2. The highest BCUT2D eigenvalue weighted by Gasteiger charge is 2.51. The van der Waals surface area contributed by atoms with Gasteiger partial charge >= 0.3 is 5.70 Å². The van der Waals surface area contributed by atoms with Crippen LogP contribution in [0.2, 0.25) is 0 Å². The number of allylic oxidation sites excluding steroid dienone is 2. The minimum atomic E-state index is -0.261. The SMILES string of the molecule is CC(C)(C)[C@H]1C[C@H](C(C)(C)C)C(O)=C([N+]#N)C1=O. The van der Waals surface area contributed by atoms with Crippen molar-refractivity contribution < 1.29 is 9.90 Å². The molecule has 1 aliphatic carbocycles. The van der Waals surface area contributed by atoms with Gasteiger partial charge in [-0.1, -0.05) is 41.5 Å². The largest absolute Gasteiger partial charge is 0.505 e. The summed E-state index contributed by atoms with van der Waals surface area (Å²) >= 11 is 0. The fourth-order valence-corrected chi connectivity index (χ4v) is 2.52. The van der Waals surface area contributed by atoms with Gasteiger partial charge < -0.3 is 5.11 Å². The average Bonchev–Trinajstić information content (AvgIpc) is 2.14. The summed E-state index contributed by atoms with van der Waals surface area (Å²) in [5, 5.41) is 19.1. The molecule has 0 aromatic heterocycles. The molecule has 0 fully saturated rings. The fraction of sp³-hybridized carbons (Fsp3) is 0.786. The molecule has 0 aromatic carbocycles. The summed E-state index contributed by atoms with van der Waals surface area (Å²) in [6, 6.07) is 0. The van der Waals surface area contributed by atoms with Crippen LogP contribution in [-0.2, 0) is 4.79 Å². The number of aliphatic hydroxyl groups is 1. The first-order valence-electron chi connectivity index (χ1n) is 6.32. The first-order valence-corrected chi connectivity index (χ1v) is 6.32. The minimum Gasteiger partial charge on any atom is -0.505 e. The van der Waals surface area contributed by atoms with Crippen LogP contribution in [-0.4, -0.2) is 10.9 Å². The molecule has 0 amide bonds. The highest BCUT2D eigenvalue weighted by molar-refractivity contribution is 6.00. The van der Waals surface area contributed by atoms with E-state index in [1.807, 2.05) is 41.5 Å². The smallest absolute Gasteiger partial charge is 0.464 e. The molecule has 0 spiro atoms. The van der Waals surface area contributed by atoms with Crippen LogP contribution in [0.1, 0.15) is 48.0 Å². The molecule has 0 heterocycles. The number of ketones is 1. The van der Waals surface area contributed by atoms with Crippen molar-refractivity contribution in [2.75, 3.05) is 0 Å². The molecule has 0 saturated carbocycles. The first-order chi connectivity index (χ1) is 8.00. The molecule has 0 bridgehead atoms. The Labute approximate surface area is 109 Å². The topological polar surface area (TPSA) is 65.4 Å². The lowest BCUT2D eigenvalue weighted by molar-refractivity contribution is -0.124. The van der Waals surface area contributed by atoms with E-state index in [9.17, 15) is 9.90 Å². The highest BCUT2D eigenvalue weighted by Crippen LogP contribution is 2.46. The number of rotatable bonds is 0. The molecule has 18 heavy (non-hydrogen) atoms. The summed E-state index contributed by atoms with van der Waals surface area (Å²) in [7, 11) is 0.